The number of anilines is 1. The van der Waals surface area contributed by atoms with Crippen molar-refractivity contribution in [2.75, 3.05) is 12.4 Å². The van der Waals surface area contributed by atoms with Gasteiger partial charge in [0.25, 0.3) is 11.6 Å². The monoisotopic (exact) mass is 497 g/mol. The highest BCUT2D eigenvalue weighted by atomic mass is 35.5. The first-order chi connectivity index (χ1) is 16.3. The van der Waals surface area contributed by atoms with E-state index < -0.39 is 10.8 Å². The molecule has 0 aliphatic rings. The fourth-order valence-electron chi connectivity index (χ4n) is 2.94. The van der Waals surface area contributed by atoms with Crippen LogP contribution in [0.3, 0.4) is 0 Å². The van der Waals surface area contributed by atoms with Crippen LogP contribution in [-0.4, -0.2) is 17.9 Å². The van der Waals surface area contributed by atoms with Gasteiger partial charge in [0, 0.05) is 11.8 Å². The van der Waals surface area contributed by atoms with Crippen molar-refractivity contribution in [3.63, 3.8) is 0 Å². The summed E-state index contributed by atoms with van der Waals surface area (Å²) >= 11 is 12.2. The second kappa shape index (κ2) is 11.2. The van der Waals surface area contributed by atoms with Crippen LogP contribution in [0, 0.1) is 21.4 Å². The van der Waals surface area contributed by atoms with E-state index in [1.165, 1.54) is 31.4 Å². The normalized spacial score (nSPS) is 10.8. The summed E-state index contributed by atoms with van der Waals surface area (Å²) in [4.78, 5) is 23.0. The van der Waals surface area contributed by atoms with Crippen LogP contribution in [0.15, 0.2) is 66.2 Å². The third-order valence-corrected chi connectivity index (χ3v) is 5.15. The van der Waals surface area contributed by atoms with Crippen molar-refractivity contribution in [1.29, 1.82) is 5.26 Å². The van der Waals surface area contributed by atoms with E-state index in [4.69, 9.17) is 32.7 Å². The second-order valence-electron chi connectivity index (χ2n) is 6.86. The number of nitro groups is 1. The number of benzene rings is 3. The molecular weight excluding hydrogens is 481 g/mol. The number of hydrogen-bond donors (Lipinski definition) is 1. The van der Waals surface area contributed by atoms with Gasteiger partial charge in [-0.2, -0.15) is 5.26 Å². The van der Waals surface area contributed by atoms with Crippen molar-refractivity contribution in [3.8, 4) is 17.6 Å². The first-order valence-corrected chi connectivity index (χ1v) is 10.5. The number of halogens is 2. The molecular formula is C24H17Cl2N3O5. The van der Waals surface area contributed by atoms with Gasteiger partial charge in [-0.25, -0.2) is 0 Å². The van der Waals surface area contributed by atoms with Gasteiger partial charge in [0.1, 0.15) is 23.3 Å². The van der Waals surface area contributed by atoms with E-state index in [0.717, 1.165) is 11.6 Å². The van der Waals surface area contributed by atoms with Crippen molar-refractivity contribution in [3.05, 3.63) is 97.5 Å². The maximum Gasteiger partial charge on any atom is 0.289 e. The Balaban J connectivity index is 1.83. The van der Waals surface area contributed by atoms with Crippen molar-refractivity contribution in [2.45, 2.75) is 6.61 Å². The number of amides is 1. The zero-order valence-corrected chi connectivity index (χ0v) is 19.3. The summed E-state index contributed by atoms with van der Waals surface area (Å²) in [6.45, 7) is 0.269. The molecule has 1 N–H and O–H groups in total. The Morgan fingerprint density at radius 1 is 1.15 bits per heavy atom. The quantitative estimate of drug-likeness (QED) is 0.175. The summed E-state index contributed by atoms with van der Waals surface area (Å²) < 4.78 is 11.2. The highest BCUT2D eigenvalue weighted by Gasteiger charge is 2.17. The number of nitriles is 1. The summed E-state index contributed by atoms with van der Waals surface area (Å²) in [7, 11) is 1.44. The topological polar surface area (TPSA) is 114 Å². The fraction of sp³-hybridized carbons (Fsp3) is 0.0833. The first-order valence-electron chi connectivity index (χ1n) is 9.73. The highest BCUT2D eigenvalue weighted by Crippen LogP contribution is 2.37. The smallest absolute Gasteiger partial charge is 0.289 e. The van der Waals surface area contributed by atoms with Crippen molar-refractivity contribution < 1.29 is 19.2 Å². The molecule has 0 fully saturated rings. The molecule has 0 unspecified atom stereocenters. The number of methoxy groups -OCH3 is 1. The Hall–Kier alpha value is -4.06. The molecule has 0 atom stereocenters. The van der Waals surface area contributed by atoms with E-state index >= 15 is 0 Å². The number of carbonyl (C=O) groups is 1. The minimum atomic E-state index is -0.765. The maximum absolute atomic E-state index is 12.6. The number of carbonyl (C=O) groups excluding carboxylic acids is 1. The van der Waals surface area contributed by atoms with Gasteiger partial charge in [0.2, 0.25) is 0 Å². The van der Waals surface area contributed by atoms with Gasteiger partial charge in [0.15, 0.2) is 11.5 Å². The zero-order valence-electron chi connectivity index (χ0n) is 17.7. The van der Waals surface area contributed by atoms with Gasteiger partial charge in [-0.15, -0.1) is 0 Å². The average Bonchev–Trinajstić information content (AvgIpc) is 2.83. The molecule has 0 radical (unpaired) electrons. The Morgan fingerprint density at radius 3 is 2.53 bits per heavy atom. The molecule has 3 aromatic carbocycles. The maximum atomic E-state index is 12.6. The third kappa shape index (κ3) is 6.04. The number of rotatable bonds is 8. The molecule has 10 heteroatoms. The summed E-state index contributed by atoms with van der Waals surface area (Å²) in [5, 5.41) is 23.1. The SMILES string of the molecule is COc1cc(/C=C(\C#N)C(=O)Nc2ccc(Cl)c([N+](=O)[O-])c2)cc(Cl)c1OCc1ccccc1. The van der Waals surface area contributed by atoms with Crippen LogP contribution < -0.4 is 14.8 Å². The van der Waals surface area contributed by atoms with Gasteiger partial charge in [-0.1, -0.05) is 53.5 Å². The zero-order chi connectivity index (χ0) is 24.7. The minimum absolute atomic E-state index is 0.0737. The van der Waals surface area contributed by atoms with Crippen LogP contribution in [0.4, 0.5) is 11.4 Å². The molecule has 0 saturated carbocycles. The van der Waals surface area contributed by atoms with Crippen LogP contribution in [-0.2, 0) is 11.4 Å². The third-order valence-electron chi connectivity index (χ3n) is 4.55. The van der Waals surface area contributed by atoms with Gasteiger partial charge < -0.3 is 14.8 Å². The van der Waals surface area contributed by atoms with Gasteiger partial charge >= 0.3 is 0 Å². The van der Waals surface area contributed by atoms with Crippen LogP contribution >= 0.6 is 23.2 Å². The van der Waals surface area contributed by atoms with Crippen molar-refractivity contribution in [2.24, 2.45) is 0 Å². The molecule has 34 heavy (non-hydrogen) atoms. The predicted molar refractivity (Wildman–Crippen MR) is 129 cm³/mol. The second-order valence-corrected chi connectivity index (χ2v) is 7.67. The molecule has 3 rings (SSSR count). The van der Waals surface area contributed by atoms with E-state index in [1.807, 2.05) is 36.4 Å². The molecule has 0 spiro atoms. The van der Waals surface area contributed by atoms with E-state index in [2.05, 4.69) is 5.32 Å². The lowest BCUT2D eigenvalue weighted by Gasteiger charge is -2.13. The summed E-state index contributed by atoms with van der Waals surface area (Å²) in [5.41, 5.74) is 0.846. The molecule has 8 nitrogen and oxygen atoms in total. The largest absolute Gasteiger partial charge is 0.493 e. The molecule has 172 valence electrons. The molecule has 0 aliphatic heterocycles. The van der Waals surface area contributed by atoms with Gasteiger partial charge in [-0.05, 0) is 41.5 Å². The Kier molecular flexibility index (Phi) is 8.09. The molecule has 1 amide bonds. The Labute approximate surface area is 205 Å². The standard InChI is InChI=1S/C24H17Cl2N3O5/c1-33-22-11-16(10-20(26)23(22)34-14-15-5-3-2-4-6-15)9-17(13-27)24(30)28-18-7-8-19(25)21(12-18)29(31)32/h2-12H,14H2,1H3,(H,28,30)/b17-9+. The predicted octanol–water partition coefficient (Wildman–Crippen LogP) is 6.03. The Morgan fingerprint density at radius 2 is 1.88 bits per heavy atom. The number of nitro benzene ring substituents is 1. The lowest BCUT2D eigenvalue weighted by atomic mass is 10.1. The minimum Gasteiger partial charge on any atom is -0.493 e. The van der Waals surface area contributed by atoms with E-state index in [-0.39, 0.29) is 33.6 Å². The highest BCUT2D eigenvalue weighted by molar-refractivity contribution is 6.33. The lowest BCUT2D eigenvalue weighted by Crippen LogP contribution is -2.13. The van der Waals surface area contributed by atoms with Crippen LogP contribution in [0.1, 0.15) is 11.1 Å². The van der Waals surface area contributed by atoms with Crippen molar-refractivity contribution in [1.82, 2.24) is 0 Å². The summed E-state index contributed by atoms with van der Waals surface area (Å²) in [6.07, 6.45) is 1.31. The van der Waals surface area contributed by atoms with Crippen LogP contribution in [0.2, 0.25) is 10.0 Å². The number of nitrogens with zero attached hydrogens (tertiary/aromatic N) is 2. The summed E-state index contributed by atoms with van der Waals surface area (Å²) in [5.74, 6) is -0.124. The van der Waals surface area contributed by atoms with Gasteiger partial charge in [0.05, 0.1) is 17.1 Å². The van der Waals surface area contributed by atoms with E-state index in [0.29, 0.717) is 17.1 Å². The molecule has 0 bridgehead atoms. The summed E-state index contributed by atoms with van der Waals surface area (Å²) in [6, 6.07) is 18.2. The number of ether oxygens (including phenoxy) is 2. The number of nitrogens with one attached hydrogen (secondary N) is 1. The first kappa shape index (κ1) is 24.6. The van der Waals surface area contributed by atoms with Gasteiger partial charge in [-0.3, -0.25) is 14.9 Å². The molecule has 0 aliphatic carbocycles. The lowest BCUT2D eigenvalue weighted by molar-refractivity contribution is -0.384. The fourth-order valence-corrected chi connectivity index (χ4v) is 3.40. The van der Waals surface area contributed by atoms with Crippen LogP contribution in [0.25, 0.3) is 6.08 Å². The average molecular weight is 498 g/mol. The van der Waals surface area contributed by atoms with Crippen LogP contribution in [0.5, 0.6) is 11.5 Å². The molecule has 3 aromatic rings. The molecule has 0 aromatic heterocycles. The number of hydrogen-bond acceptors (Lipinski definition) is 6. The molecule has 0 heterocycles. The molecule has 0 saturated heterocycles. The van der Waals surface area contributed by atoms with Crippen molar-refractivity contribution >= 4 is 46.6 Å². The van der Waals surface area contributed by atoms with E-state index in [1.54, 1.807) is 6.07 Å². The van der Waals surface area contributed by atoms with E-state index in [9.17, 15) is 20.2 Å². The Bertz CT molecular complexity index is 1300.